The Bertz CT molecular complexity index is 1880. The van der Waals surface area contributed by atoms with Crippen LogP contribution in [0.15, 0.2) is 169 Å². The molecule has 0 aliphatic heterocycles. The van der Waals surface area contributed by atoms with E-state index in [4.69, 9.17) is 0 Å². The van der Waals surface area contributed by atoms with E-state index >= 15 is 0 Å². The minimum atomic E-state index is 0.649. The Kier molecular flexibility index (Phi) is 7.17. The molecule has 0 radical (unpaired) electrons. The fraction of sp³-hybridized carbons (Fsp3) is 0.0263. The number of hydrogen-bond donors (Lipinski definition) is 0. The zero-order valence-corrected chi connectivity index (χ0v) is 22.9. The zero-order chi connectivity index (χ0) is 28.2. The Morgan fingerprint density at radius 1 is 0.683 bits per heavy atom. The first-order chi connectivity index (χ1) is 20.2. The molecule has 3 heteroatoms. The van der Waals surface area contributed by atoms with E-state index in [1.807, 2.05) is 24.3 Å². The van der Waals surface area contributed by atoms with Crippen molar-refractivity contribution in [3.8, 4) is 16.8 Å². The van der Waals surface area contributed by atoms with Gasteiger partial charge in [-0.25, -0.2) is 0 Å². The number of rotatable bonds is 9. The van der Waals surface area contributed by atoms with Crippen LogP contribution in [0.3, 0.4) is 0 Å². The number of nitrogens with zero attached hydrogens (tertiary/aromatic N) is 3. The minimum absolute atomic E-state index is 0.649. The van der Waals surface area contributed by atoms with Crippen LogP contribution in [0.2, 0.25) is 0 Å². The number of anilines is 1. The molecule has 0 unspecified atom stereocenters. The second kappa shape index (κ2) is 11.4. The molecular weight excluding hydrogens is 498 g/mol. The van der Waals surface area contributed by atoms with Crippen LogP contribution in [-0.4, -0.2) is 11.3 Å². The van der Waals surface area contributed by atoms with Crippen LogP contribution in [0, 0.1) is 0 Å². The molecule has 198 valence electrons. The molecule has 0 amide bonds. The highest BCUT2D eigenvalue weighted by atomic mass is 15.1. The van der Waals surface area contributed by atoms with Gasteiger partial charge >= 0.3 is 0 Å². The smallest absolute Gasteiger partial charge is 0.0853 e. The maximum absolute atomic E-state index is 4.19. The van der Waals surface area contributed by atoms with E-state index in [9.17, 15) is 0 Å². The summed E-state index contributed by atoms with van der Waals surface area (Å²) in [5, 5.41) is 2.51. The zero-order valence-electron chi connectivity index (χ0n) is 22.9. The molecule has 0 atom stereocenters. The number of benzene rings is 5. The van der Waals surface area contributed by atoms with Crippen molar-refractivity contribution in [3.63, 3.8) is 0 Å². The normalized spacial score (nSPS) is 11.7. The molecule has 1 heterocycles. The summed E-state index contributed by atoms with van der Waals surface area (Å²) >= 11 is 0. The summed E-state index contributed by atoms with van der Waals surface area (Å²) in [4.78, 5) is 6.39. The van der Waals surface area contributed by atoms with Crippen molar-refractivity contribution in [2.75, 3.05) is 4.90 Å². The van der Waals surface area contributed by atoms with Gasteiger partial charge in [0.25, 0.3) is 0 Å². The van der Waals surface area contributed by atoms with Crippen molar-refractivity contribution in [3.05, 3.63) is 170 Å². The molecule has 0 N–H and O–H groups in total. The second-order valence-electron chi connectivity index (χ2n) is 9.84. The lowest BCUT2D eigenvalue weighted by atomic mass is 9.98. The fourth-order valence-electron chi connectivity index (χ4n) is 5.61. The first-order valence-electron chi connectivity index (χ1n) is 13.7. The van der Waals surface area contributed by atoms with Crippen molar-refractivity contribution >= 4 is 34.2 Å². The van der Waals surface area contributed by atoms with Crippen molar-refractivity contribution in [1.29, 1.82) is 0 Å². The summed E-state index contributed by atoms with van der Waals surface area (Å²) in [6.07, 6.45) is 3.53. The van der Waals surface area contributed by atoms with Gasteiger partial charge in [-0.1, -0.05) is 104 Å². The third-order valence-corrected chi connectivity index (χ3v) is 7.50. The highest BCUT2D eigenvalue weighted by molar-refractivity contribution is 6.15. The van der Waals surface area contributed by atoms with Crippen LogP contribution in [0.5, 0.6) is 0 Å². The first kappa shape index (κ1) is 25.8. The first-order valence-corrected chi connectivity index (χ1v) is 13.7. The molecule has 0 aliphatic carbocycles. The number of allylic oxidation sites excluding steroid dienone is 2. The number of para-hydroxylation sites is 3. The standard InChI is InChI=1S/C38H31N3/c1-4-34(39-3)35(5-2)40(30-15-8-6-9-16-30)27-28-23-25-29(26-24-28)32-20-14-22-37-38(32)33-19-12-13-21-36(33)41(37)31-17-10-7-11-18-31/h4-26H,1-3,27H2/b35-34-. The van der Waals surface area contributed by atoms with Gasteiger partial charge in [0.1, 0.15) is 0 Å². The molecule has 0 fully saturated rings. The van der Waals surface area contributed by atoms with Gasteiger partial charge in [0.05, 0.1) is 22.4 Å². The number of hydrogen-bond acceptors (Lipinski definition) is 2. The van der Waals surface area contributed by atoms with Crippen molar-refractivity contribution in [1.82, 2.24) is 4.57 Å². The van der Waals surface area contributed by atoms with Crippen molar-refractivity contribution < 1.29 is 0 Å². The average molecular weight is 530 g/mol. The van der Waals surface area contributed by atoms with Gasteiger partial charge in [-0.3, -0.25) is 4.99 Å². The van der Waals surface area contributed by atoms with E-state index in [1.54, 1.807) is 6.08 Å². The molecular formula is C38H31N3. The predicted octanol–water partition coefficient (Wildman–Crippen LogP) is 9.74. The summed E-state index contributed by atoms with van der Waals surface area (Å²) in [5.41, 5.74) is 9.74. The molecule has 0 saturated heterocycles. The largest absolute Gasteiger partial charge is 0.335 e. The molecule has 1 aromatic heterocycles. The van der Waals surface area contributed by atoms with E-state index in [0.29, 0.717) is 12.2 Å². The van der Waals surface area contributed by atoms with Gasteiger partial charge < -0.3 is 9.47 Å². The van der Waals surface area contributed by atoms with E-state index in [1.165, 1.54) is 38.5 Å². The van der Waals surface area contributed by atoms with Crippen molar-refractivity contribution in [2.45, 2.75) is 6.54 Å². The third-order valence-electron chi connectivity index (χ3n) is 7.50. The van der Waals surface area contributed by atoms with Crippen LogP contribution in [0.4, 0.5) is 5.69 Å². The summed E-state index contributed by atoms with van der Waals surface area (Å²) < 4.78 is 2.36. The van der Waals surface area contributed by atoms with Gasteiger partial charge in [0.15, 0.2) is 0 Å². The van der Waals surface area contributed by atoms with E-state index in [-0.39, 0.29) is 0 Å². The van der Waals surface area contributed by atoms with Crippen LogP contribution in [-0.2, 0) is 6.54 Å². The minimum Gasteiger partial charge on any atom is -0.335 e. The van der Waals surface area contributed by atoms with E-state index in [2.05, 4.69) is 144 Å². The maximum Gasteiger partial charge on any atom is 0.0853 e. The van der Waals surface area contributed by atoms with Gasteiger partial charge in [-0.2, -0.15) is 0 Å². The van der Waals surface area contributed by atoms with Crippen LogP contribution in [0.25, 0.3) is 38.6 Å². The Morgan fingerprint density at radius 3 is 2.02 bits per heavy atom. The molecule has 41 heavy (non-hydrogen) atoms. The molecule has 6 aromatic rings. The summed E-state index contributed by atoms with van der Waals surface area (Å²) in [6, 6.07) is 44.9. The molecule has 0 spiro atoms. The van der Waals surface area contributed by atoms with Crippen LogP contribution in [0.1, 0.15) is 5.56 Å². The van der Waals surface area contributed by atoms with E-state index < -0.39 is 0 Å². The molecule has 6 rings (SSSR count). The highest BCUT2D eigenvalue weighted by Crippen LogP contribution is 2.38. The SMILES string of the molecule is C=C/C(N=C)=C(\C=C)N(Cc1ccc(-c2cccc3c2c2ccccc2n3-c2ccccc2)cc1)c1ccccc1. The van der Waals surface area contributed by atoms with Gasteiger partial charge in [0.2, 0.25) is 0 Å². The summed E-state index contributed by atoms with van der Waals surface area (Å²) in [6.45, 7) is 12.4. The molecule has 0 aliphatic rings. The number of fused-ring (bicyclic) bond motifs is 3. The second-order valence-corrected chi connectivity index (χ2v) is 9.84. The summed E-state index contributed by atoms with van der Waals surface area (Å²) in [7, 11) is 0. The number of aromatic nitrogens is 1. The predicted molar refractivity (Wildman–Crippen MR) is 176 cm³/mol. The lowest BCUT2D eigenvalue weighted by molar-refractivity contribution is 0.923. The van der Waals surface area contributed by atoms with Crippen LogP contribution >= 0.6 is 0 Å². The quantitative estimate of drug-likeness (QED) is 0.135. The Morgan fingerprint density at radius 2 is 1.34 bits per heavy atom. The molecule has 3 nitrogen and oxygen atoms in total. The molecule has 5 aromatic carbocycles. The monoisotopic (exact) mass is 529 g/mol. The lowest BCUT2D eigenvalue weighted by Gasteiger charge is -2.27. The Hall–Kier alpha value is -5.41. The Labute approximate surface area is 241 Å². The van der Waals surface area contributed by atoms with Gasteiger partial charge in [-0.15, -0.1) is 0 Å². The number of aliphatic imine (C=N–C) groups is 1. The van der Waals surface area contributed by atoms with Gasteiger partial charge in [-0.05, 0) is 72.0 Å². The van der Waals surface area contributed by atoms with Crippen LogP contribution < -0.4 is 4.90 Å². The van der Waals surface area contributed by atoms with E-state index in [0.717, 1.165) is 17.1 Å². The van der Waals surface area contributed by atoms with Gasteiger partial charge in [0, 0.05) is 28.7 Å². The topological polar surface area (TPSA) is 20.5 Å². The fourth-order valence-corrected chi connectivity index (χ4v) is 5.61. The summed E-state index contributed by atoms with van der Waals surface area (Å²) in [5.74, 6) is 0. The Balaban J connectivity index is 1.43. The van der Waals surface area contributed by atoms with Crippen molar-refractivity contribution in [2.24, 2.45) is 4.99 Å². The third kappa shape index (κ3) is 4.79. The maximum atomic E-state index is 4.19. The average Bonchev–Trinajstić information content (AvgIpc) is 3.38. The highest BCUT2D eigenvalue weighted by Gasteiger charge is 2.17. The molecule has 0 bridgehead atoms. The lowest BCUT2D eigenvalue weighted by Crippen LogP contribution is -2.22. The molecule has 0 saturated carbocycles.